The van der Waals surface area contributed by atoms with Crippen molar-refractivity contribution < 1.29 is 41.7 Å². The minimum absolute atomic E-state index is 0.0256. The summed E-state index contributed by atoms with van der Waals surface area (Å²) in [5.41, 5.74) is 9.93. The van der Waals surface area contributed by atoms with Crippen LogP contribution in [0, 0.1) is 0 Å². The number of rotatable bonds is 11. The van der Waals surface area contributed by atoms with E-state index in [1.165, 1.54) is 10.3 Å². The Morgan fingerprint density at radius 1 is 1.35 bits per heavy atom. The first-order valence-corrected chi connectivity index (χ1v) is 11.9. The molecule has 0 aromatic carbocycles. The number of carbonyl (C=O) groups is 4. The molecule has 0 spiro atoms. The largest absolute Gasteiger partial charge is 0.447 e. The second-order valence-corrected chi connectivity index (χ2v) is 8.79. The molecule has 0 saturated carbocycles. The standard InChI is InChI=1S/C16H23N7O9S2/c1-3-22(4-2)10(24)6-32-21-11(8-7-33-15(17)19-8)13(25)20-12-9(5-31-16(18)27)23(14(12)26)34(28,29)30/h7,9,12H,3-6H2,1-2H3,(H2,17,19)(H2,18,27)(H,20,25)(H,28,29,30)/b21-11-/t9-,12+/m1/s1. The van der Waals surface area contributed by atoms with Crippen LogP contribution < -0.4 is 16.8 Å². The zero-order chi connectivity index (χ0) is 25.6. The number of hydrogen-bond donors (Lipinski definition) is 4. The lowest BCUT2D eigenvalue weighted by molar-refractivity contribution is -0.146. The fourth-order valence-electron chi connectivity index (χ4n) is 2.92. The number of likely N-dealkylation sites (N-methyl/N-ethyl adjacent to an activating group) is 1. The van der Waals surface area contributed by atoms with Crippen LogP contribution in [0.15, 0.2) is 10.5 Å². The van der Waals surface area contributed by atoms with Gasteiger partial charge in [-0.25, -0.2) is 14.1 Å². The molecule has 2 atom stereocenters. The lowest BCUT2D eigenvalue weighted by Gasteiger charge is -2.43. The van der Waals surface area contributed by atoms with E-state index in [0.717, 1.165) is 11.3 Å². The van der Waals surface area contributed by atoms with Gasteiger partial charge in [-0.1, -0.05) is 5.16 Å². The molecule has 188 valence electrons. The van der Waals surface area contributed by atoms with Gasteiger partial charge in [0.15, 0.2) is 17.5 Å². The number of nitrogen functional groups attached to an aromatic ring is 1. The number of amides is 4. The van der Waals surface area contributed by atoms with Gasteiger partial charge in [0.2, 0.25) is 0 Å². The second-order valence-electron chi connectivity index (χ2n) is 6.61. The zero-order valence-corrected chi connectivity index (χ0v) is 19.7. The molecular weight excluding hydrogens is 498 g/mol. The average Bonchev–Trinajstić information content (AvgIpc) is 3.17. The highest BCUT2D eigenvalue weighted by atomic mass is 32.2. The average molecular weight is 522 g/mol. The smallest absolute Gasteiger partial charge is 0.404 e. The van der Waals surface area contributed by atoms with E-state index in [2.05, 4.69) is 20.2 Å². The van der Waals surface area contributed by atoms with Crippen molar-refractivity contribution in [3.05, 3.63) is 11.1 Å². The molecule has 6 N–H and O–H groups in total. The number of nitrogens with two attached hydrogens (primary N) is 2. The van der Waals surface area contributed by atoms with E-state index in [1.54, 1.807) is 13.8 Å². The van der Waals surface area contributed by atoms with Crippen molar-refractivity contribution in [1.82, 2.24) is 19.5 Å². The van der Waals surface area contributed by atoms with E-state index in [1.807, 2.05) is 0 Å². The van der Waals surface area contributed by atoms with E-state index < -0.39 is 65.1 Å². The first-order chi connectivity index (χ1) is 15.9. The monoisotopic (exact) mass is 521 g/mol. The molecule has 1 aliphatic rings. The van der Waals surface area contributed by atoms with Gasteiger partial charge in [0.1, 0.15) is 24.4 Å². The predicted octanol–water partition coefficient (Wildman–Crippen LogP) is -2.09. The summed E-state index contributed by atoms with van der Waals surface area (Å²) < 4.78 is 36.7. The molecule has 34 heavy (non-hydrogen) atoms. The van der Waals surface area contributed by atoms with Crippen LogP contribution >= 0.6 is 11.3 Å². The fourth-order valence-corrected chi connectivity index (χ4v) is 4.34. The Kier molecular flexibility index (Phi) is 8.71. The first-order valence-electron chi connectivity index (χ1n) is 9.63. The molecule has 4 amide bonds. The Balaban J connectivity index is 2.23. The molecule has 2 heterocycles. The summed E-state index contributed by atoms with van der Waals surface area (Å²) in [5, 5.41) is 7.31. The number of primary amides is 1. The van der Waals surface area contributed by atoms with E-state index in [4.69, 9.17) is 16.3 Å². The maximum Gasteiger partial charge on any atom is 0.404 e. The zero-order valence-electron chi connectivity index (χ0n) is 18.0. The molecule has 0 unspecified atom stereocenters. The van der Waals surface area contributed by atoms with Gasteiger partial charge in [-0.15, -0.1) is 11.3 Å². The van der Waals surface area contributed by atoms with Crippen molar-refractivity contribution in [1.29, 1.82) is 0 Å². The number of nitrogens with one attached hydrogen (secondary N) is 1. The van der Waals surface area contributed by atoms with Gasteiger partial charge in [0.25, 0.3) is 17.7 Å². The minimum Gasteiger partial charge on any atom is -0.447 e. The van der Waals surface area contributed by atoms with Crippen molar-refractivity contribution in [3.8, 4) is 0 Å². The number of carbonyl (C=O) groups excluding carboxylic acids is 4. The minimum atomic E-state index is -5.01. The van der Waals surface area contributed by atoms with Crippen LogP contribution in [0.1, 0.15) is 19.5 Å². The molecule has 1 fully saturated rings. The number of β-lactam (4-membered cyclic amide) rings is 1. The van der Waals surface area contributed by atoms with Crippen molar-refractivity contribution in [3.63, 3.8) is 0 Å². The highest BCUT2D eigenvalue weighted by molar-refractivity contribution is 7.84. The number of hydrogen-bond acceptors (Lipinski definition) is 12. The molecule has 18 heteroatoms. The molecule has 0 aliphatic carbocycles. The summed E-state index contributed by atoms with van der Waals surface area (Å²) in [5.74, 6) is -2.64. The summed E-state index contributed by atoms with van der Waals surface area (Å²) >= 11 is 0.973. The third-order valence-corrected chi connectivity index (χ3v) is 6.16. The van der Waals surface area contributed by atoms with E-state index in [9.17, 15) is 32.1 Å². The van der Waals surface area contributed by atoms with Crippen LogP contribution in [-0.2, 0) is 34.3 Å². The number of ether oxygens (including phenoxy) is 1. The molecule has 1 aromatic rings. The molecule has 16 nitrogen and oxygen atoms in total. The molecule has 0 bridgehead atoms. The quantitative estimate of drug-likeness (QED) is 0.106. The lowest BCUT2D eigenvalue weighted by Crippen LogP contribution is -2.73. The van der Waals surface area contributed by atoms with E-state index in [-0.39, 0.29) is 15.1 Å². The van der Waals surface area contributed by atoms with Crippen LogP contribution in [0.2, 0.25) is 0 Å². The predicted molar refractivity (Wildman–Crippen MR) is 117 cm³/mol. The first kappa shape index (κ1) is 26.7. The van der Waals surface area contributed by atoms with Gasteiger partial charge in [-0.05, 0) is 13.8 Å². The number of aromatic nitrogens is 1. The maximum atomic E-state index is 12.9. The lowest BCUT2D eigenvalue weighted by atomic mass is 9.99. The highest BCUT2D eigenvalue weighted by Gasteiger charge is 2.54. The molecule has 1 aliphatic heterocycles. The van der Waals surface area contributed by atoms with Gasteiger partial charge in [0.05, 0.1) is 0 Å². The van der Waals surface area contributed by atoms with Crippen molar-refractivity contribution in [2.24, 2.45) is 10.9 Å². The SMILES string of the molecule is CCN(CC)C(=O)CO/N=C(\C(=O)N[C@@H]1C(=O)N(S(=O)(=O)O)[C@@H]1COC(N)=O)c1csc(N)n1. The van der Waals surface area contributed by atoms with Gasteiger partial charge in [0, 0.05) is 18.5 Å². The van der Waals surface area contributed by atoms with Crippen LogP contribution in [0.5, 0.6) is 0 Å². The third kappa shape index (κ3) is 6.29. The van der Waals surface area contributed by atoms with E-state index >= 15 is 0 Å². The third-order valence-electron chi connectivity index (χ3n) is 4.54. The molecule has 1 saturated heterocycles. The Labute approximate surface area is 197 Å². The van der Waals surface area contributed by atoms with Crippen LogP contribution in [0.4, 0.5) is 9.93 Å². The number of anilines is 1. The topological polar surface area (TPSA) is 237 Å². The Bertz CT molecular complexity index is 1080. The van der Waals surface area contributed by atoms with Crippen LogP contribution in [0.3, 0.4) is 0 Å². The Hall–Kier alpha value is -3.51. The molecule has 0 radical (unpaired) electrons. The van der Waals surface area contributed by atoms with Gasteiger partial charge in [-0.3, -0.25) is 18.9 Å². The number of nitrogens with zero attached hydrogens (tertiary/aromatic N) is 4. The summed E-state index contributed by atoms with van der Waals surface area (Å²) in [4.78, 5) is 58.5. The number of oxime groups is 1. The van der Waals surface area contributed by atoms with Crippen molar-refractivity contribution in [2.75, 3.05) is 32.0 Å². The van der Waals surface area contributed by atoms with E-state index in [0.29, 0.717) is 13.1 Å². The van der Waals surface area contributed by atoms with Gasteiger partial charge < -0.3 is 31.3 Å². The summed E-state index contributed by atoms with van der Waals surface area (Å²) in [7, 11) is -5.01. The summed E-state index contributed by atoms with van der Waals surface area (Å²) in [6, 6.07) is -3.02. The molecular formula is C16H23N7O9S2. The maximum absolute atomic E-state index is 12.9. The highest BCUT2D eigenvalue weighted by Crippen LogP contribution is 2.24. The van der Waals surface area contributed by atoms with Crippen LogP contribution in [-0.4, -0.2) is 95.1 Å². The normalized spacial score (nSPS) is 18.1. The van der Waals surface area contributed by atoms with Crippen molar-refractivity contribution >= 4 is 56.3 Å². The van der Waals surface area contributed by atoms with Gasteiger partial charge >= 0.3 is 16.4 Å². The molecule has 2 rings (SSSR count). The van der Waals surface area contributed by atoms with Crippen molar-refractivity contribution in [2.45, 2.75) is 25.9 Å². The Morgan fingerprint density at radius 3 is 2.50 bits per heavy atom. The summed E-state index contributed by atoms with van der Waals surface area (Å²) in [6.07, 6.45) is -1.27. The van der Waals surface area contributed by atoms with Crippen LogP contribution in [0.25, 0.3) is 0 Å². The second kappa shape index (κ2) is 11.1. The molecule has 1 aromatic heterocycles. The fraction of sp³-hybridized carbons (Fsp3) is 0.500. The Morgan fingerprint density at radius 2 is 2.00 bits per heavy atom. The number of thiazole rings is 1. The van der Waals surface area contributed by atoms with Gasteiger partial charge in [-0.2, -0.15) is 8.42 Å². The summed E-state index contributed by atoms with van der Waals surface area (Å²) in [6.45, 7) is 3.17.